The number of hydrogen-bond acceptors (Lipinski definition) is 3. The van der Waals surface area contributed by atoms with E-state index in [4.69, 9.17) is 11.6 Å². The summed E-state index contributed by atoms with van der Waals surface area (Å²) < 4.78 is 39.6. The maximum absolute atomic E-state index is 13.0. The highest BCUT2D eigenvalue weighted by atomic mass is 35.5. The first-order chi connectivity index (χ1) is 10.8. The topological polar surface area (TPSA) is 75.3 Å². The molecule has 2 rings (SSSR count). The molecule has 0 atom stereocenters. The van der Waals surface area contributed by atoms with Crippen LogP contribution in [-0.2, 0) is 14.8 Å². The molecule has 2 aromatic rings. The molecule has 0 radical (unpaired) electrons. The van der Waals surface area contributed by atoms with Gasteiger partial charge in [-0.1, -0.05) is 23.7 Å². The highest BCUT2D eigenvalue weighted by Gasteiger charge is 2.18. The second-order valence-corrected chi connectivity index (χ2v) is 6.96. The summed E-state index contributed by atoms with van der Waals surface area (Å²) in [5.41, 5.74) is 0.751. The quantitative estimate of drug-likeness (QED) is 0.864. The number of anilines is 1. The predicted octanol–water partition coefficient (Wildman–Crippen LogP) is 2.70. The van der Waals surface area contributed by atoms with E-state index < -0.39 is 28.3 Å². The molecule has 1 amide bonds. The van der Waals surface area contributed by atoms with Crippen LogP contribution in [0.5, 0.6) is 0 Å². The van der Waals surface area contributed by atoms with Crippen LogP contribution in [0.15, 0.2) is 47.4 Å². The molecule has 0 aliphatic rings. The molecule has 0 heterocycles. The number of carbonyl (C=O) groups excluding carboxylic acids is 1. The van der Waals surface area contributed by atoms with Crippen LogP contribution in [0.25, 0.3) is 0 Å². The lowest BCUT2D eigenvalue weighted by atomic mass is 10.2. The Morgan fingerprint density at radius 1 is 1.22 bits per heavy atom. The maximum Gasteiger partial charge on any atom is 0.241 e. The van der Waals surface area contributed by atoms with Gasteiger partial charge in [-0.15, -0.1) is 0 Å². The van der Waals surface area contributed by atoms with Gasteiger partial charge in [-0.25, -0.2) is 17.5 Å². The van der Waals surface area contributed by atoms with Crippen LogP contribution in [0.3, 0.4) is 0 Å². The van der Waals surface area contributed by atoms with E-state index in [0.717, 1.165) is 6.07 Å². The Morgan fingerprint density at radius 3 is 2.65 bits per heavy atom. The number of benzene rings is 2. The van der Waals surface area contributed by atoms with Crippen LogP contribution in [0, 0.1) is 12.7 Å². The minimum atomic E-state index is -3.88. The molecule has 2 N–H and O–H groups in total. The van der Waals surface area contributed by atoms with E-state index in [1.165, 1.54) is 24.3 Å². The minimum absolute atomic E-state index is 0.00329. The SMILES string of the molecule is Cc1ccc(Cl)cc1S(=O)(=O)NCC(=O)Nc1cccc(F)c1. The van der Waals surface area contributed by atoms with Crippen molar-refractivity contribution in [3.8, 4) is 0 Å². The standard InChI is InChI=1S/C15H14ClFN2O3S/c1-10-5-6-11(16)7-14(10)23(21,22)18-9-15(20)19-13-4-2-3-12(17)8-13/h2-8,18H,9H2,1H3,(H,19,20). The zero-order chi connectivity index (χ0) is 17.0. The number of sulfonamides is 1. The van der Waals surface area contributed by atoms with Crippen molar-refractivity contribution < 1.29 is 17.6 Å². The van der Waals surface area contributed by atoms with Gasteiger partial charge in [-0.3, -0.25) is 4.79 Å². The monoisotopic (exact) mass is 356 g/mol. The largest absolute Gasteiger partial charge is 0.325 e. The van der Waals surface area contributed by atoms with Gasteiger partial charge in [-0.2, -0.15) is 0 Å². The summed E-state index contributed by atoms with van der Waals surface area (Å²) in [6, 6.07) is 9.76. The normalized spacial score (nSPS) is 11.3. The number of aryl methyl sites for hydroxylation is 1. The average molecular weight is 357 g/mol. The Hall–Kier alpha value is -1.96. The molecule has 0 saturated carbocycles. The molecule has 0 bridgehead atoms. The summed E-state index contributed by atoms with van der Waals surface area (Å²) in [6.07, 6.45) is 0. The zero-order valence-corrected chi connectivity index (χ0v) is 13.7. The molecule has 0 aliphatic carbocycles. The third kappa shape index (κ3) is 4.75. The van der Waals surface area contributed by atoms with Gasteiger partial charge in [0, 0.05) is 10.7 Å². The Morgan fingerprint density at radius 2 is 1.96 bits per heavy atom. The predicted molar refractivity (Wildman–Crippen MR) is 86.4 cm³/mol. The molecule has 0 fully saturated rings. The lowest BCUT2D eigenvalue weighted by Gasteiger charge is -2.10. The first kappa shape index (κ1) is 17.4. The average Bonchev–Trinajstić information content (AvgIpc) is 2.48. The van der Waals surface area contributed by atoms with Gasteiger partial charge in [0.05, 0.1) is 11.4 Å². The number of rotatable bonds is 5. The summed E-state index contributed by atoms with van der Waals surface area (Å²) in [4.78, 5) is 11.8. The Kier molecular flexibility index (Phi) is 5.35. The van der Waals surface area contributed by atoms with Crippen LogP contribution in [0.2, 0.25) is 5.02 Å². The molecule has 5 nitrogen and oxygen atoms in total. The number of amides is 1. The van der Waals surface area contributed by atoms with Gasteiger partial charge < -0.3 is 5.32 Å². The van der Waals surface area contributed by atoms with Gasteiger partial charge in [0.1, 0.15) is 5.82 Å². The second kappa shape index (κ2) is 7.08. The van der Waals surface area contributed by atoms with Crippen LogP contribution < -0.4 is 10.0 Å². The van der Waals surface area contributed by atoms with Crippen molar-refractivity contribution in [3.05, 3.63) is 58.9 Å². The number of carbonyl (C=O) groups is 1. The molecule has 0 saturated heterocycles. The van der Waals surface area contributed by atoms with Gasteiger partial charge in [0.15, 0.2) is 0 Å². The fraction of sp³-hybridized carbons (Fsp3) is 0.133. The van der Waals surface area contributed by atoms with Crippen molar-refractivity contribution in [2.24, 2.45) is 0 Å². The summed E-state index contributed by atoms with van der Waals surface area (Å²) in [6.45, 7) is 1.14. The molecule has 0 aliphatic heterocycles. The van der Waals surface area contributed by atoms with Crippen molar-refractivity contribution in [1.29, 1.82) is 0 Å². The Balaban J connectivity index is 2.04. The van der Waals surface area contributed by atoms with E-state index in [1.54, 1.807) is 19.1 Å². The van der Waals surface area contributed by atoms with Crippen LogP contribution in [0.1, 0.15) is 5.56 Å². The van der Waals surface area contributed by atoms with Crippen molar-refractivity contribution in [1.82, 2.24) is 4.72 Å². The summed E-state index contributed by atoms with van der Waals surface area (Å²) >= 11 is 5.80. The van der Waals surface area contributed by atoms with E-state index in [0.29, 0.717) is 5.56 Å². The minimum Gasteiger partial charge on any atom is -0.325 e. The molecule has 0 spiro atoms. The smallest absolute Gasteiger partial charge is 0.241 e. The molecular weight excluding hydrogens is 343 g/mol. The highest BCUT2D eigenvalue weighted by molar-refractivity contribution is 7.89. The molecule has 0 unspecified atom stereocenters. The van der Waals surface area contributed by atoms with Crippen molar-refractivity contribution >= 4 is 33.2 Å². The molecule has 0 aromatic heterocycles. The molecule has 23 heavy (non-hydrogen) atoms. The Labute approximate surface area is 138 Å². The van der Waals surface area contributed by atoms with E-state index in [-0.39, 0.29) is 15.6 Å². The van der Waals surface area contributed by atoms with Crippen LogP contribution in [0.4, 0.5) is 10.1 Å². The first-order valence-corrected chi connectivity index (χ1v) is 8.45. The van der Waals surface area contributed by atoms with Crippen LogP contribution >= 0.6 is 11.6 Å². The van der Waals surface area contributed by atoms with Gasteiger partial charge in [-0.05, 0) is 42.8 Å². The summed E-state index contributed by atoms with van der Waals surface area (Å²) in [5, 5.41) is 2.68. The van der Waals surface area contributed by atoms with Gasteiger partial charge in [0.25, 0.3) is 0 Å². The van der Waals surface area contributed by atoms with E-state index in [9.17, 15) is 17.6 Å². The van der Waals surface area contributed by atoms with Crippen molar-refractivity contribution in [3.63, 3.8) is 0 Å². The van der Waals surface area contributed by atoms with E-state index in [2.05, 4.69) is 10.0 Å². The Bertz CT molecular complexity index is 840. The molecular formula is C15H14ClFN2O3S. The van der Waals surface area contributed by atoms with Gasteiger partial charge >= 0.3 is 0 Å². The fourth-order valence-electron chi connectivity index (χ4n) is 1.87. The van der Waals surface area contributed by atoms with Gasteiger partial charge in [0.2, 0.25) is 15.9 Å². The van der Waals surface area contributed by atoms with E-state index >= 15 is 0 Å². The highest BCUT2D eigenvalue weighted by Crippen LogP contribution is 2.19. The molecule has 122 valence electrons. The fourth-order valence-corrected chi connectivity index (χ4v) is 3.36. The van der Waals surface area contributed by atoms with Crippen LogP contribution in [-0.4, -0.2) is 20.9 Å². The third-order valence-corrected chi connectivity index (χ3v) is 4.75. The summed E-state index contributed by atoms with van der Waals surface area (Å²) in [7, 11) is -3.88. The second-order valence-electron chi connectivity index (χ2n) is 4.79. The maximum atomic E-state index is 13.0. The lowest BCUT2D eigenvalue weighted by molar-refractivity contribution is -0.115. The van der Waals surface area contributed by atoms with Crippen molar-refractivity contribution in [2.75, 3.05) is 11.9 Å². The van der Waals surface area contributed by atoms with Crippen molar-refractivity contribution in [2.45, 2.75) is 11.8 Å². The number of halogens is 2. The first-order valence-electron chi connectivity index (χ1n) is 6.59. The third-order valence-electron chi connectivity index (χ3n) is 2.97. The van der Waals surface area contributed by atoms with E-state index in [1.807, 2.05) is 0 Å². The number of nitrogens with one attached hydrogen (secondary N) is 2. The zero-order valence-electron chi connectivity index (χ0n) is 12.1. The number of hydrogen-bond donors (Lipinski definition) is 2. The molecule has 2 aromatic carbocycles. The lowest BCUT2D eigenvalue weighted by Crippen LogP contribution is -2.33. The summed E-state index contributed by atoms with van der Waals surface area (Å²) in [5.74, 6) is -1.11. The molecule has 8 heteroatoms.